The lowest BCUT2D eigenvalue weighted by atomic mass is 10.0. The minimum Gasteiger partial charge on any atom is -0.481 e. The highest BCUT2D eigenvalue weighted by molar-refractivity contribution is 8.01. The molecular weight excluding hydrogens is 628 g/mol. The molecule has 4 amide bonds. The molecule has 0 spiro atoms. The molecule has 0 saturated carbocycles. The van der Waals surface area contributed by atoms with Crippen LogP contribution < -0.4 is 16.0 Å². The number of amides is 4. The van der Waals surface area contributed by atoms with E-state index in [-0.39, 0.29) is 68.1 Å². The standard InChI is InChI=1S/C33H56N4O9S/c1-24(38)31(34-2)47-26-23-29(41)37(32(26)44)22-16-15-21-35-27(39)20-19-25(33(45)46)36-28(40)17-13-11-9-7-5-3-4-6-8-10-12-14-18-30(42)43/h25-26,31,34H,3-23H2,1-2H3,(H,35,39)(H,36,40)(H,42,43)(H,45,46). The predicted octanol–water partition coefficient (Wildman–Crippen LogP) is 3.77. The van der Waals surface area contributed by atoms with Gasteiger partial charge in [-0.3, -0.25) is 33.7 Å². The molecular formula is C33H56N4O9S. The van der Waals surface area contributed by atoms with Gasteiger partial charge in [0.25, 0.3) is 0 Å². The average molecular weight is 685 g/mol. The molecule has 268 valence electrons. The maximum absolute atomic E-state index is 12.6. The fourth-order valence-corrected chi connectivity index (χ4v) is 6.50. The third-order valence-electron chi connectivity index (χ3n) is 8.10. The third-order valence-corrected chi connectivity index (χ3v) is 9.64. The number of rotatable bonds is 29. The zero-order chi connectivity index (χ0) is 35.0. The van der Waals surface area contributed by atoms with Crippen LogP contribution >= 0.6 is 11.8 Å². The average Bonchev–Trinajstić information content (AvgIpc) is 3.28. The number of hydrogen-bond acceptors (Lipinski definition) is 9. The van der Waals surface area contributed by atoms with Crippen molar-refractivity contribution in [3.8, 4) is 0 Å². The van der Waals surface area contributed by atoms with Crippen LogP contribution in [0.25, 0.3) is 0 Å². The zero-order valence-electron chi connectivity index (χ0n) is 28.2. The molecule has 5 N–H and O–H groups in total. The summed E-state index contributed by atoms with van der Waals surface area (Å²) < 4.78 is 0. The summed E-state index contributed by atoms with van der Waals surface area (Å²) in [4.78, 5) is 84.4. The Morgan fingerprint density at radius 1 is 0.787 bits per heavy atom. The van der Waals surface area contributed by atoms with E-state index in [9.17, 15) is 38.7 Å². The number of nitrogens with one attached hydrogen (secondary N) is 3. The van der Waals surface area contributed by atoms with E-state index in [1.807, 2.05) is 0 Å². The fourth-order valence-electron chi connectivity index (χ4n) is 5.37. The Balaban J connectivity index is 2.12. The summed E-state index contributed by atoms with van der Waals surface area (Å²) in [5, 5.41) is 25.0. The van der Waals surface area contributed by atoms with Crippen molar-refractivity contribution < 1.29 is 43.8 Å². The van der Waals surface area contributed by atoms with E-state index in [4.69, 9.17) is 5.11 Å². The second kappa shape index (κ2) is 25.1. The number of hydrogen-bond donors (Lipinski definition) is 5. The summed E-state index contributed by atoms with van der Waals surface area (Å²) in [6.45, 7) is 1.95. The van der Waals surface area contributed by atoms with Crippen LogP contribution in [-0.4, -0.2) is 93.3 Å². The van der Waals surface area contributed by atoms with Gasteiger partial charge < -0.3 is 26.2 Å². The second-order valence-corrected chi connectivity index (χ2v) is 13.5. The van der Waals surface area contributed by atoms with E-state index < -0.39 is 28.6 Å². The lowest BCUT2D eigenvalue weighted by Gasteiger charge is -2.17. The fraction of sp³-hybridized carbons (Fsp3) is 0.788. The second-order valence-electron chi connectivity index (χ2n) is 12.2. The highest BCUT2D eigenvalue weighted by atomic mass is 32.2. The van der Waals surface area contributed by atoms with Crippen molar-refractivity contribution in [2.45, 2.75) is 146 Å². The number of ketones is 1. The summed E-state index contributed by atoms with van der Waals surface area (Å²) >= 11 is 1.14. The molecule has 14 heteroatoms. The van der Waals surface area contributed by atoms with Crippen molar-refractivity contribution in [1.29, 1.82) is 0 Å². The van der Waals surface area contributed by atoms with Crippen LogP contribution in [0.3, 0.4) is 0 Å². The lowest BCUT2D eigenvalue weighted by Crippen LogP contribution is -2.41. The van der Waals surface area contributed by atoms with E-state index in [2.05, 4.69) is 16.0 Å². The molecule has 3 unspecified atom stereocenters. The molecule has 0 aliphatic carbocycles. The van der Waals surface area contributed by atoms with Gasteiger partial charge in [0.1, 0.15) is 11.4 Å². The summed E-state index contributed by atoms with van der Waals surface area (Å²) in [6, 6.07) is -1.14. The summed E-state index contributed by atoms with van der Waals surface area (Å²) in [5.74, 6) is -3.30. The van der Waals surface area contributed by atoms with Crippen molar-refractivity contribution in [2.24, 2.45) is 0 Å². The van der Waals surface area contributed by atoms with Crippen molar-refractivity contribution in [3.63, 3.8) is 0 Å². The van der Waals surface area contributed by atoms with Crippen LogP contribution in [0.15, 0.2) is 0 Å². The normalized spacial score (nSPS) is 15.8. The molecule has 1 aliphatic rings. The van der Waals surface area contributed by atoms with Gasteiger partial charge in [0.2, 0.25) is 23.6 Å². The van der Waals surface area contributed by atoms with Gasteiger partial charge in [0.05, 0.1) is 5.25 Å². The highest BCUT2D eigenvalue weighted by Crippen LogP contribution is 2.28. The van der Waals surface area contributed by atoms with Crippen molar-refractivity contribution in [1.82, 2.24) is 20.9 Å². The number of likely N-dealkylation sites (tertiary alicyclic amines) is 1. The molecule has 0 aromatic heterocycles. The quantitative estimate of drug-likeness (QED) is 0.0437. The number of likely N-dealkylation sites (N-methyl/N-ethyl adjacent to an activating group) is 1. The van der Waals surface area contributed by atoms with Crippen LogP contribution in [0, 0.1) is 0 Å². The number of carbonyl (C=O) groups is 7. The summed E-state index contributed by atoms with van der Waals surface area (Å²) in [5.41, 5.74) is 0. The van der Waals surface area contributed by atoms with Crippen molar-refractivity contribution in [2.75, 3.05) is 20.1 Å². The molecule has 0 aromatic rings. The maximum atomic E-state index is 12.6. The number of carboxylic acids is 2. The monoisotopic (exact) mass is 684 g/mol. The maximum Gasteiger partial charge on any atom is 0.326 e. The van der Waals surface area contributed by atoms with Crippen LogP contribution in [-0.2, 0) is 33.6 Å². The Morgan fingerprint density at radius 3 is 1.85 bits per heavy atom. The van der Waals surface area contributed by atoms with E-state index in [1.165, 1.54) is 31.1 Å². The third kappa shape index (κ3) is 19.4. The van der Waals surface area contributed by atoms with Gasteiger partial charge in [-0.05, 0) is 46.1 Å². The summed E-state index contributed by atoms with van der Waals surface area (Å²) in [6.07, 6.45) is 13.8. The lowest BCUT2D eigenvalue weighted by molar-refractivity contribution is -0.142. The molecule has 1 aliphatic heterocycles. The minimum atomic E-state index is -1.19. The van der Waals surface area contributed by atoms with Gasteiger partial charge in [-0.2, -0.15) is 0 Å². The Labute approximate surface area is 283 Å². The number of nitrogens with zero attached hydrogens (tertiary/aromatic N) is 1. The molecule has 1 fully saturated rings. The number of imide groups is 1. The topological polar surface area (TPSA) is 199 Å². The Bertz CT molecular complexity index is 1030. The zero-order valence-corrected chi connectivity index (χ0v) is 29.0. The molecule has 13 nitrogen and oxygen atoms in total. The van der Waals surface area contributed by atoms with E-state index in [0.717, 1.165) is 63.1 Å². The van der Waals surface area contributed by atoms with Crippen molar-refractivity contribution in [3.05, 3.63) is 0 Å². The van der Waals surface area contributed by atoms with Gasteiger partial charge in [-0.25, -0.2) is 4.79 Å². The molecule has 47 heavy (non-hydrogen) atoms. The van der Waals surface area contributed by atoms with Crippen LogP contribution in [0.4, 0.5) is 0 Å². The van der Waals surface area contributed by atoms with Crippen LogP contribution in [0.1, 0.15) is 129 Å². The molecule has 0 aromatic carbocycles. The first-order chi connectivity index (χ1) is 22.5. The first-order valence-electron chi connectivity index (χ1n) is 17.1. The number of unbranched alkanes of at least 4 members (excludes halogenated alkanes) is 12. The SMILES string of the molecule is CNC(SC1CC(=O)N(CCCCNC(=O)CCC(NC(=O)CCCCCCCCCCCCCCC(=O)O)C(=O)O)C1=O)C(C)=O. The first kappa shape index (κ1) is 42.0. The van der Waals surface area contributed by atoms with Gasteiger partial charge in [-0.15, -0.1) is 11.8 Å². The molecule has 0 bridgehead atoms. The Kier molecular flexibility index (Phi) is 22.4. The van der Waals surface area contributed by atoms with Crippen LogP contribution in [0.5, 0.6) is 0 Å². The largest absolute Gasteiger partial charge is 0.481 e. The van der Waals surface area contributed by atoms with Gasteiger partial charge in [-0.1, -0.05) is 64.2 Å². The number of carboxylic acid groups (broad SMARTS) is 2. The Hall–Kier alpha value is -3.00. The van der Waals surface area contributed by atoms with Gasteiger partial charge in [0, 0.05) is 38.8 Å². The highest BCUT2D eigenvalue weighted by Gasteiger charge is 2.40. The molecule has 0 radical (unpaired) electrons. The minimum absolute atomic E-state index is 0.0288. The number of thioether (sulfide) groups is 1. The van der Waals surface area contributed by atoms with E-state index in [0.29, 0.717) is 25.8 Å². The molecule has 1 rings (SSSR count). The van der Waals surface area contributed by atoms with E-state index in [1.54, 1.807) is 7.05 Å². The first-order valence-corrected chi connectivity index (χ1v) is 18.1. The van der Waals surface area contributed by atoms with E-state index >= 15 is 0 Å². The molecule has 1 saturated heterocycles. The number of aliphatic carboxylic acids is 2. The molecule has 3 atom stereocenters. The van der Waals surface area contributed by atoms with Gasteiger partial charge >= 0.3 is 11.9 Å². The predicted molar refractivity (Wildman–Crippen MR) is 180 cm³/mol. The summed E-state index contributed by atoms with van der Waals surface area (Å²) in [7, 11) is 1.62. The van der Waals surface area contributed by atoms with Crippen LogP contribution in [0.2, 0.25) is 0 Å². The smallest absolute Gasteiger partial charge is 0.326 e. The number of carbonyl (C=O) groups excluding carboxylic acids is 5. The Morgan fingerprint density at radius 2 is 1.34 bits per heavy atom. The van der Waals surface area contributed by atoms with Crippen molar-refractivity contribution >= 4 is 53.1 Å². The molecule has 1 heterocycles. The van der Waals surface area contributed by atoms with Gasteiger partial charge in [0.15, 0.2) is 5.78 Å². The number of Topliss-reactive ketones (excluding diaryl/α,β-unsaturated/α-hetero) is 1.